The monoisotopic (exact) mass is 302 g/mol. The molecular weight excluding hydrogens is 278 g/mol. The summed E-state index contributed by atoms with van der Waals surface area (Å²) in [5.74, 6) is 1.47. The molecule has 0 bridgehead atoms. The third kappa shape index (κ3) is 3.72. The maximum absolute atomic E-state index is 7.85. The molecule has 5 heteroatoms. The maximum Gasteiger partial charge on any atom is 0.280 e. The van der Waals surface area contributed by atoms with E-state index in [2.05, 4.69) is 18.8 Å². The molecule has 0 spiro atoms. The Labute approximate surface area is 128 Å². The number of aliphatic imine (C=N–C) groups is 1. The van der Waals surface area contributed by atoms with Crippen LogP contribution in [0.15, 0.2) is 23.2 Å². The Hall–Kier alpha value is -1.62. The van der Waals surface area contributed by atoms with Crippen LogP contribution >= 0.6 is 0 Å². The van der Waals surface area contributed by atoms with E-state index < -0.39 is 9.04 Å². The quantitative estimate of drug-likeness (QED) is 0.719. The van der Waals surface area contributed by atoms with Crippen LogP contribution in [0.25, 0.3) is 0 Å². The van der Waals surface area contributed by atoms with Crippen LogP contribution in [0, 0.1) is 5.41 Å². The van der Waals surface area contributed by atoms with Gasteiger partial charge in [0.1, 0.15) is 11.6 Å². The standard InChI is InChI=1S/C16H24N3OSi/c1-3-5-10-21(11-6-4-2)20-13-9-7-8-12-14(13)16(18)19-15(12)17/h7-9H,3-6,10-11H2,1-2H3,(H3,17,18,19). The molecule has 1 aromatic carbocycles. The summed E-state index contributed by atoms with van der Waals surface area (Å²) < 4.78 is 6.32. The largest absolute Gasteiger partial charge is 0.542 e. The van der Waals surface area contributed by atoms with Crippen LogP contribution in [0.3, 0.4) is 0 Å². The van der Waals surface area contributed by atoms with Gasteiger partial charge in [-0.2, -0.15) is 0 Å². The van der Waals surface area contributed by atoms with Crippen LogP contribution in [0.1, 0.15) is 50.7 Å². The van der Waals surface area contributed by atoms with Crippen LogP contribution in [0.2, 0.25) is 12.1 Å². The Kier molecular flexibility index (Phi) is 5.56. The van der Waals surface area contributed by atoms with Crippen LogP contribution in [0.5, 0.6) is 5.75 Å². The van der Waals surface area contributed by atoms with Crippen molar-refractivity contribution in [3.05, 3.63) is 29.3 Å². The topological polar surface area (TPSA) is 71.5 Å². The summed E-state index contributed by atoms with van der Waals surface area (Å²) in [6, 6.07) is 8.11. The van der Waals surface area contributed by atoms with Crippen molar-refractivity contribution in [3.8, 4) is 5.75 Å². The average molecular weight is 302 g/mol. The van der Waals surface area contributed by atoms with Gasteiger partial charge in [0.2, 0.25) is 0 Å². The molecule has 4 nitrogen and oxygen atoms in total. The highest BCUT2D eigenvalue weighted by Crippen LogP contribution is 2.28. The van der Waals surface area contributed by atoms with Gasteiger partial charge in [0, 0.05) is 5.56 Å². The van der Waals surface area contributed by atoms with Crippen LogP contribution in [-0.4, -0.2) is 20.7 Å². The number of nitrogens with one attached hydrogen (secondary N) is 1. The highest BCUT2D eigenvalue weighted by atomic mass is 28.3. The predicted octanol–water partition coefficient (Wildman–Crippen LogP) is 3.70. The van der Waals surface area contributed by atoms with E-state index in [1.54, 1.807) is 0 Å². The Morgan fingerprint density at radius 3 is 2.48 bits per heavy atom. The van der Waals surface area contributed by atoms with Gasteiger partial charge in [0.15, 0.2) is 5.84 Å². The van der Waals surface area contributed by atoms with Crippen molar-refractivity contribution in [3.63, 3.8) is 0 Å². The molecule has 0 unspecified atom stereocenters. The van der Waals surface area contributed by atoms with Crippen molar-refractivity contribution in [1.82, 2.24) is 0 Å². The van der Waals surface area contributed by atoms with Gasteiger partial charge in [-0.15, -0.1) is 0 Å². The summed E-state index contributed by atoms with van der Waals surface area (Å²) in [5, 5.41) is 7.85. The molecule has 0 fully saturated rings. The molecule has 1 heterocycles. The molecule has 1 aliphatic heterocycles. The molecule has 0 saturated carbocycles. The van der Waals surface area contributed by atoms with Gasteiger partial charge in [0.05, 0.1) is 5.56 Å². The first-order valence-electron chi connectivity index (χ1n) is 7.76. The molecule has 0 aromatic heterocycles. The number of hydrogen-bond acceptors (Lipinski definition) is 3. The third-order valence-corrected chi connectivity index (χ3v) is 5.97. The van der Waals surface area contributed by atoms with Gasteiger partial charge in [-0.3, -0.25) is 5.41 Å². The first-order chi connectivity index (χ1) is 10.2. The average Bonchev–Trinajstić information content (AvgIpc) is 2.78. The molecule has 0 amide bonds. The van der Waals surface area contributed by atoms with Crippen LogP contribution < -0.4 is 10.2 Å². The van der Waals surface area contributed by atoms with Crippen molar-refractivity contribution < 1.29 is 4.43 Å². The molecule has 0 atom stereocenters. The molecule has 0 saturated heterocycles. The van der Waals surface area contributed by atoms with Crippen molar-refractivity contribution in [2.45, 2.75) is 51.6 Å². The highest BCUT2D eigenvalue weighted by Gasteiger charge is 2.24. The normalized spacial score (nSPS) is 13.5. The summed E-state index contributed by atoms with van der Waals surface area (Å²) in [6.45, 7) is 4.43. The number of rotatable bonds is 8. The molecule has 1 aliphatic rings. The Morgan fingerprint density at radius 2 is 1.86 bits per heavy atom. The number of nitrogens with zero attached hydrogens (tertiary/aromatic N) is 1. The molecule has 1 aromatic rings. The third-order valence-electron chi connectivity index (χ3n) is 3.64. The fourth-order valence-corrected chi connectivity index (χ4v) is 4.88. The predicted molar refractivity (Wildman–Crippen MR) is 89.8 cm³/mol. The molecule has 0 aliphatic carbocycles. The number of fused-ring (bicyclic) bond motifs is 1. The zero-order valence-electron chi connectivity index (χ0n) is 12.9. The molecule has 21 heavy (non-hydrogen) atoms. The van der Waals surface area contributed by atoms with Crippen molar-refractivity contribution in [1.29, 1.82) is 5.41 Å². The number of nitrogens with two attached hydrogens (primary N) is 1. The smallest absolute Gasteiger partial charge is 0.280 e. The molecule has 2 rings (SSSR count). The van der Waals surface area contributed by atoms with E-state index in [9.17, 15) is 0 Å². The molecule has 3 N–H and O–H groups in total. The first kappa shape index (κ1) is 15.8. The molecule has 113 valence electrons. The van der Waals surface area contributed by atoms with E-state index in [1.807, 2.05) is 18.2 Å². The minimum absolute atomic E-state index is 0.240. The van der Waals surface area contributed by atoms with Gasteiger partial charge in [-0.05, 0) is 18.2 Å². The van der Waals surface area contributed by atoms with E-state index in [0.717, 1.165) is 16.9 Å². The molecular formula is C16H24N3OSi. The van der Waals surface area contributed by atoms with E-state index in [0.29, 0.717) is 5.84 Å². The first-order valence-corrected chi connectivity index (χ1v) is 9.58. The lowest BCUT2D eigenvalue weighted by atomic mass is 10.1. The lowest BCUT2D eigenvalue weighted by molar-refractivity contribution is 0.551. The van der Waals surface area contributed by atoms with Crippen molar-refractivity contribution in [2.75, 3.05) is 0 Å². The van der Waals surface area contributed by atoms with E-state index in [-0.39, 0.29) is 5.84 Å². The second-order valence-electron chi connectivity index (χ2n) is 5.37. The Balaban J connectivity index is 2.17. The van der Waals surface area contributed by atoms with E-state index >= 15 is 0 Å². The lowest BCUT2D eigenvalue weighted by Gasteiger charge is -2.18. The molecule has 1 radical (unpaired) electrons. The lowest BCUT2D eigenvalue weighted by Crippen LogP contribution is -2.23. The zero-order chi connectivity index (χ0) is 15.2. The van der Waals surface area contributed by atoms with Gasteiger partial charge in [-0.25, -0.2) is 4.99 Å². The number of hydrogen-bond donors (Lipinski definition) is 2. The highest BCUT2D eigenvalue weighted by molar-refractivity contribution is 6.52. The fourth-order valence-electron chi connectivity index (χ4n) is 2.44. The summed E-state index contributed by atoms with van der Waals surface area (Å²) in [4.78, 5) is 4.06. The number of amidine groups is 2. The Bertz CT molecular complexity index is 534. The Morgan fingerprint density at radius 1 is 1.19 bits per heavy atom. The second kappa shape index (κ2) is 7.40. The fraction of sp³-hybridized carbons (Fsp3) is 0.500. The SMILES string of the molecule is CCCC[Si](CCCC)Oc1cccc2c1C(N)=NC2=N. The summed E-state index contributed by atoms with van der Waals surface area (Å²) in [7, 11) is -0.864. The van der Waals surface area contributed by atoms with Gasteiger partial charge in [-0.1, -0.05) is 51.7 Å². The van der Waals surface area contributed by atoms with Gasteiger partial charge in [0.25, 0.3) is 9.04 Å². The van der Waals surface area contributed by atoms with Crippen LogP contribution in [0.4, 0.5) is 0 Å². The zero-order valence-corrected chi connectivity index (χ0v) is 13.9. The van der Waals surface area contributed by atoms with E-state index in [1.165, 1.54) is 37.8 Å². The number of unbranched alkanes of at least 4 members (excludes halogenated alkanes) is 2. The summed E-state index contributed by atoms with van der Waals surface area (Å²) in [6.07, 6.45) is 4.83. The summed E-state index contributed by atoms with van der Waals surface area (Å²) >= 11 is 0. The summed E-state index contributed by atoms with van der Waals surface area (Å²) in [5.41, 5.74) is 7.56. The van der Waals surface area contributed by atoms with Crippen molar-refractivity contribution in [2.24, 2.45) is 10.7 Å². The maximum atomic E-state index is 7.85. The van der Waals surface area contributed by atoms with Gasteiger partial charge >= 0.3 is 0 Å². The van der Waals surface area contributed by atoms with Crippen LogP contribution in [-0.2, 0) is 0 Å². The second-order valence-corrected chi connectivity index (χ2v) is 7.65. The van der Waals surface area contributed by atoms with Crippen molar-refractivity contribution >= 4 is 20.7 Å². The minimum Gasteiger partial charge on any atom is -0.542 e. The minimum atomic E-state index is -0.864. The van der Waals surface area contributed by atoms with E-state index in [4.69, 9.17) is 15.6 Å². The van der Waals surface area contributed by atoms with Gasteiger partial charge < -0.3 is 10.2 Å². The number of benzene rings is 1.